The molecular formula is C8H11FO2. The van der Waals surface area contributed by atoms with Gasteiger partial charge in [-0.05, 0) is 13.0 Å². The number of rotatable bonds is 2. The number of hydrogen-bond donors (Lipinski definition) is 1. The lowest BCUT2D eigenvalue weighted by molar-refractivity contribution is -0.208. The second kappa shape index (κ2) is 3.15. The quantitative estimate of drug-likeness (QED) is 0.617. The van der Waals surface area contributed by atoms with E-state index >= 15 is 0 Å². The van der Waals surface area contributed by atoms with Gasteiger partial charge in [-0.1, -0.05) is 18.2 Å². The Balaban J connectivity index is 2.54. The first-order chi connectivity index (χ1) is 5.12. The molecule has 0 aromatic heterocycles. The molecule has 0 aromatic carbocycles. The average Bonchev–Trinajstić information content (AvgIpc) is 1.85. The summed E-state index contributed by atoms with van der Waals surface area (Å²) >= 11 is 0. The normalized spacial score (nSPS) is 32.3. The van der Waals surface area contributed by atoms with E-state index in [0.29, 0.717) is 0 Å². The van der Waals surface area contributed by atoms with Crippen molar-refractivity contribution in [1.29, 1.82) is 0 Å². The van der Waals surface area contributed by atoms with Crippen LogP contribution < -0.4 is 0 Å². The molecule has 1 aliphatic rings. The number of ether oxygens (including phenoxy) is 1. The predicted molar refractivity (Wildman–Crippen MR) is 39.5 cm³/mol. The first-order valence-corrected chi connectivity index (χ1v) is 3.51. The fourth-order valence-corrected chi connectivity index (χ4v) is 0.946. The van der Waals surface area contributed by atoms with Crippen molar-refractivity contribution in [3.63, 3.8) is 0 Å². The molecular weight excluding hydrogens is 147 g/mol. The van der Waals surface area contributed by atoms with Gasteiger partial charge in [-0.2, -0.15) is 0 Å². The molecule has 0 bridgehead atoms. The van der Waals surface area contributed by atoms with Gasteiger partial charge in [-0.3, -0.25) is 0 Å². The molecule has 1 rings (SSSR count). The number of alkyl halides is 1. The highest BCUT2D eigenvalue weighted by molar-refractivity contribution is 5.15. The molecule has 0 aliphatic heterocycles. The van der Waals surface area contributed by atoms with Crippen molar-refractivity contribution < 1.29 is 14.2 Å². The van der Waals surface area contributed by atoms with Crippen molar-refractivity contribution in [2.75, 3.05) is 0 Å². The third-order valence-corrected chi connectivity index (χ3v) is 1.35. The van der Waals surface area contributed by atoms with E-state index in [9.17, 15) is 4.39 Å². The first-order valence-electron chi connectivity index (χ1n) is 3.51. The van der Waals surface area contributed by atoms with E-state index in [1.54, 1.807) is 18.2 Å². The average molecular weight is 158 g/mol. The predicted octanol–water partition coefficient (Wildman–Crippen LogP) is 1.52. The summed E-state index contributed by atoms with van der Waals surface area (Å²) < 4.78 is 17.9. The Morgan fingerprint density at radius 1 is 1.64 bits per heavy atom. The van der Waals surface area contributed by atoms with E-state index in [2.05, 4.69) is 4.74 Å². The number of hydrogen-bond acceptors (Lipinski definition) is 2. The molecule has 62 valence electrons. The number of aliphatic hydroxyl groups excluding tert-OH is 1. The van der Waals surface area contributed by atoms with E-state index < -0.39 is 12.1 Å². The van der Waals surface area contributed by atoms with Crippen LogP contribution in [0.25, 0.3) is 0 Å². The summed E-state index contributed by atoms with van der Waals surface area (Å²) in [5, 5.41) is 8.75. The molecule has 0 fully saturated rings. The molecule has 0 saturated carbocycles. The summed E-state index contributed by atoms with van der Waals surface area (Å²) in [7, 11) is 0. The molecule has 2 atom stereocenters. The second-order valence-corrected chi connectivity index (χ2v) is 2.49. The third kappa shape index (κ3) is 2.44. The van der Waals surface area contributed by atoms with Crippen molar-refractivity contribution in [1.82, 2.24) is 0 Å². The summed E-state index contributed by atoms with van der Waals surface area (Å²) in [6.07, 6.45) is 5.34. The van der Waals surface area contributed by atoms with Gasteiger partial charge in [0.1, 0.15) is 0 Å². The van der Waals surface area contributed by atoms with Crippen LogP contribution in [-0.4, -0.2) is 17.3 Å². The van der Waals surface area contributed by atoms with Gasteiger partial charge >= 0.3 is 0 Å². The highest BCUT2D eigenvalue weighted by atomic mass is 19.2. The van der Waals surface area contributed by atoms with Gasteiger partial charge in [0.05, 0.1) is 0 Å². The zero-order chi connectivity index (χ0) is 8.32. The monoisotopic (exact) mass is 158 g/mol. The molecule has 3 heteroatoms. The fourth-order valence-electron chi connectivity index (χ4n) is 0.946. The standard InChI is InChI=1S/C8H11FO2/c1-7(10)11-8(9)5-3-2-4-6-8/h2-5,7,10H,6H2,1H3. The fraction of sp³-hybridized carbons (Fsp3) is 0.500. The number of aliphatic hydroxyl groups is 1. The van der Waals surface area contributed by atoms with Crippen LogP contribution in [0.2, 0.25) is 0 Å². The minimum absolute atomic E-state index is 0.161. The minimum atomic E-state index is -1.82. The Kier molecular flexibility index (Phi) is 2.42. The largest absolute Gasteiger partial charge is 0.368 e. The topological polar surface area (TPSA) is 29.5 Å². The zero-order valence-electron chi connectivity index (χ0n) is 6.33. The maximum Gasteiger partial charge on any atom is 0.234 e. The maximum absolute atomic E-state index is 13.3. The summed E-state index contributed by atoms with van der Waals surface area (Å²) in [5.41, 5.74) is 0. The Morgan fingerprint density at radius 2 is 2.36 bits per heavy atom. The third-order valence-electron chi connectivity index (χ3n) is 1.35. The van der Waals surface area contributed by atoms with Crippen molar-refractivity contribution in [2.24, 2.45) is 0 Å². The van der Waals surface area contributed by atoms with Gasteiger partial charge in [0.15, 0.2) is 6.29 Å². The smallest absolute Gasteiger partial charge is 0.234 e. The van der Waals surface area contributed by atoms with Crippen molar-refractivity contribution in [3.8, 4) is 0 Å². The molecule has 1 N–H and O–H groups in total. The molecule has 2 unspecified atom stereocenters. The Morgan fingerprint density at radius 3 is 2.82 bits per heavy atom. The summed E-state index contributed by atoms with van der Waals surface area (Å²) in [4.78, 5) is 0. The molecule has 2 nitrogen and oxygen atoms in total. The van der Waals surface area contributed by atoms with Gasteiger partial charge in [0, 0.05) is 6.42 Å². The summed E-state index contributed by atoms with van der Waals surface area (Å²) in [5.74, 6) is -1.82. The molecule has 0 aromatic rings. The molecule has 11 heavy (non-hydrogen) atoms. The molecule has 0 saturated heterocycles. The molecule has 0 radical (unpaired) electrons. The van der Waals surface area contributed by atoms with Crippen LogP contribution >= 0.6 is 0 Å². The molecule has 0 spiro atoms. The van der Waals surface area contributed by atoms with Crippen LogP contribution in [0.1, 0.15) is 13.3 Å². The Bertz CT molecular complexity index is 187. The van der Waals surface area contributed by atoms with Crippen LogP contribution in [0.4, 0.5) is 4.39 Å². The van der Waals surface area contributed by atoms with Crippen LogP contribution in [0.5, 0.6) is 0 Å². The van der Waals surface area contributed by atoms with Gasteiger partial charge in [-0.15, -0.1) is 0 Å². The number of allylic oxidation sites excluding steroid dienone is 2. The lowest BCUT2D eigenvalue weighted by Crippen LogP contribution is -2.29. The van der Waals surface area contributed by atoms with E-state index in [4.69, 9.17) is 5.11 Å². The van der Waals surface area contributed by atoms with E-state index in [1.165, 1.54) is 13.0 Å². The highest BCUT2D eigenvalue weighted by Crippen LogP contribution is 2.24. The van der Waals surface area contributed by atoms with Gasteiger partial charge in [0.2, 0.25) is 5.85 Å². The molecule has 0 heterocycles. The maximum atomic E-state index is 13.3. The SMILES string of the molecule is CC(O)OC1(F)C=CC=CC1. The molecule has 0 amide bonds. The van der Waals surface area contributed by atoms with Crippen molar-refractivity contribution in [3.05, 3.63) is 24.3 Å². The van der Waals surface area contributed by atoms with Crippen LogP contribution in [-0.2, 0) is 4.74 Å². The van der Waals surface area contributed by atoms with Gasteiger partial charge in [0.25, 0.3) is 0 Å². The van der Waals surface area contributed by atoms with Gasteiger partial charge in [-0.25, -0.2) is 4.39 Å². The van der Waals surface area contributed by atoms with E-state index in [-0.39, 0.29) is 6.42 Å². The Hall–Kier alpha value is -0.670. The molecule has 1 aliphatic carbocycles. The first kappa shape index (κ1) is 8.43. The van der Waals surface area contributed by atoms with Crippen LogP contribution in [0, 0.1) is 0 Å². The second-order valence-electron chi connectivity index (χ2n) is 2.49. The number of halogens is 1. The summed E-state index contributed by atoms with van der Waals surface area (Å²) in [6, 6.07) is 0. The van der Waals surface area contributed by atoms with Crippen molar-refractivity contribution >= 4 is 0 Å². The minimum Gasteiger partial charge on any atom is -0.368 e. The van der Waals surface area contributed by atoms with Crippen LogP contribution in [0.3, 0.4) is 0 Å². The van der Waals surface area contributed by atoms with Crippen molar-refractivity contribution in [2.45, 2.75) is 25.5 Å². The summed E-state index contributed by atoms with van der Waals surface area (Å²) in [6.45, 7) is 1.38. The van der Waals surface area contributed by atoms with Gasteiger partial charge < -0.3 is 9.84 Å². The van der Waals surface area contributed by atoms with Crippen LogP contribution in [0.15, 0.2) is 24.3 Å². The highest BCUT2D eigenvalue weighted by Gasteiger charge is 2.28. The van der Waals surface area contributed by atoms with E-state index in [0.717, 1.165) is 0 Å². The lowest BCUT2D eigenvalue weighted by Gasteiger charge is -2.23. The van der Waals surface area contributed by atoms with E-state index in [1.807, 2.05) is 0 Å². The zero-order valence-corrected chi connectivity index (χ0v) is 6.33. The lowest BCUT2D eigenvalue weighted by atomic mass is 10.1. The Labute approximate surface area is 65.0 Å².